The maximum atomic E-state index is 13.1. The second-order valence-corrected chi connectivity index (χ2v) is 9.90. The predicted molar refractivity (Wildman–Crippen MR) is 122 cm³/mol. The second kappa shape index (κ2) is 9.36. The number of benzene rings is 3. The molecule has 1 aliphatic heterocycles. The number of carbonyl (C=O) groups excluding carboxylic acids is 1. The second-order valence-electron chi connectivity index (χ2n) is 7.56. The maximum absolute atomic E-state index is 13.1. The molecular formula is C23H24ClN3O3S. The van der Waals surface area contributed by atoms with Crippen molar-refractivity contribution in [3.05, 3.63) is 77.3 Å². The summed E-state index contributed by atoms with van der Waals surface area (Å²) in [6.45, 7) is 2.32. The smallest absolute Gasteiger partial charge is 0.243 e. The number of hydrogen-bond donors (Lipinski definition) is 1. The molecule has 6 nitrogen and oxygen atoms in total. The van der Waals surface area contributed by atoms with Crippen LogP contribution in [0.5, 0.6) is 0 Å². The number of carbonyl (C=O) groups is 1. The van der Waals surface area contributed by atoms with Crippen molar-refractivity contribution in [3.63, 3.8) is 0 Å². The summed E-state index contributed by atoms with van der Waals surface area (Å²) in [7, 11) is -3.56. The van der Waals surface area contributed by atoms with Crippen molar-refractivity contribution in [2.75, 3.05) is 32.7 Å². The first-order chi connectivity index (χ1) is 14.9. The van der Waals surface area contributed by atoms with Crippen LogP contribution >= 0.6 is 11.6 Å². The monoisotopic (exact) mass is 457 g/mol. The lowest BCUT2D eigenvalue weighted by molar-refractivity contribution is -0.122. The molecule has 0 spiro atoms. The molecule has 0 bridgehead atoms. The number of sulfonamides is 1. The van der Waals surface area contributed by atoms with E-state index in [2.05, 4.69) is 5.32 Å². The van der Waals surface area contributed by atoms with Gasteiger partial charge in [-0.15, -0.1) is 0 Å². The Morgan fingerprint density at radius 1 is 0.903 bits per heavy atom. The van der Waals surface area contributed by atoms with Gasteiger partial charge in [0.1, 0.15) is 0 Å². The van der Waals surface area contributed by atoms with E-state index in [4.69, 9.17) is 11.6 Å². The molecule has 3 aromatic rings. The molecule has 0 radical (unpaired) electrons. The molecular weight excluding hydrogens is 434 g/mol. The van der Waals surface area contributed by atoms with Gasteiger partial charge >= 0.3 is 0 Å². The Bertz CT molecular complexity index is 1190. The van der Waals surface area contributed by atoms with Gasteiger partial charge in [0, 0.05) is 37.7 Å². The van der Waals surface area contributed by atoms with Crippen LogP contribution in [0.1, 0.15) is 5.56 Å². The number of nitrogens with one attached hydrogen (secondary N) is 1. The Balaban J connectivity index is 1.32. The minimum atomic E-state index is -3.56. The minimum Gasteiger partial charge on any atom is -0.351 e. The number of hydrogen-bond acceptors (Lipinski definition) is 4. The molecule has 162 valence electrons. The predicted octanol–water partition coefficient (Wildman–Crippen LogP) is 3.12. The third kappa shape index (κ3) is 5.07. The SMILES string of the molecule is O=C(CN1CCN(S(=O)(=O)c2ccc3ccccc3c2)CC1)NCc1ccccc1Cl. The van der Waals surface area contributed by atoms with E-state index < -0.39 is 10.0 Å². The molecule has 0 saturated carbocycles. The molecule has 1 aliphatic rings. The Morgan fingerprint density at radius 2 is 1.58 bits per heavy atom. The van der Waals surface area contributed by atoms with Crippen LogP contribution in [-0.4, -0.2) is 56.3 Å². The van der Waals surface area contributed by atoms with Gasteiger partial charge in [-0.1, -0.05) is 60.1 Å². The lowest BCUT2D eigenvalue weighted by Gasteiger charge is -2.33. The first-order valence-electron chi connectivity index (χ1n) is 10.1. The summed E-state index contributed by atoms with van der Waals surface area (Å²) in [4.78, 5) is 14.6. The largest absolute Gasteiger partial charge is 0.351 e. The molecule has 1 amide bonds. The van der Waals surface area contributed by atoms with Crippen molar-refractivity contribution in [2.24, 2.45) is 0 Å². The first-order valence-corrected chi connectivity index (χ1v) is 12.0. The number of halogens is 1. The summed E-state index contributed by atoms with van der Waals surface area (Å²) in [5.74, 6) is -0.106. The Labute approximate surface area is 187 Å². The van der Waals surface area contributed by atoms with Crippen molar-refractivity contribution in [1.29, 1.82) is 0 Å². The summed E-state index contributed by atoms with van der Waals surface area (Å²) >= 11 is 6.12. The quantitative estimate of drug-likeness (QED) is 0.617. The summed E-state index contributed by atoms with van der Waals surface area (Å²) in [6, 6.07) is 20.3. The topological polar surface area (TPSA) is 69.7 Å². The van der Waals surface area contributed by atoms with Gasteiger partial charge in [-0.25, -0.2) is 8.42 Å². The lowest BCUT2D eigenvalue weighted by atomic mass is 10.1. The molecule has 1 N–H and O–H groups in total. The van der Waals surface area contributed by atoms with E-state index in [0.717, 1.165) is 16.3 Å². The molecule has 0 atom stereocenters. The van der Waals surface area contributed by atoms with Gasteiger partial charge in [0.05, 0.1) is 11.4 Å². The average Bonchev–Trinajstić information content (AvgIpc) is 2.78. The molecule has 0 aliphatic carbocycles. The highest BCUT2D eigenvalue weighted by molar-refractivity contribution is 7.89. The number of nitrogens with zero attached hydrogens (tertiary/aromatic N) is 2. The van der Waals surface area contributed by atoms with E-state index in [0.29, 0.717) is 42.6 Å². The van der Waals surface area contributed by atoms with E-state index >= 15 is 0 Å². The molecule has 3 aromatic carbocycles. The summed E-state index contributed by atoms with van der Waals surface area (Å²) in [6.07, 6.45) is 0. The van der Waals surface area contributed by atoms with E-state index in [-0.39, 0.29) is 12.5 Å². The number of piperazine rings is 1. The lowest BCUT2D eigenvalue weighted by Crippen LogP contribution is -2.50. The normalized spacial score (nSPS) is 15.8. The van der Waals surface area contributed by atoms with E-state index in [1.54, 1.807) is 18.2 Å². The van der Waals surface area contributed by atoms with Crippen molar-refractivity contribution in [2.45, 2.75) is 11.4 Å². The third-order valence-corrected chi connectivity index (χ3v) is 7.75. The zero-order valence-electron chi connectivity index (χ0n) is 17.0. The number of rotatable bonds is 6. The standard InChI is InChI=1S/C23H24ClN3O3S/c24-22-8-4-3-7-20(22)16-25-23(28)17-26-11-13-27(14-12-26)31(29,30)21-10-9-18-5-1-2-6-19(18)15-21/h1-10,15H,11-14,16-17H2,(H,25,28). The van der Waals surface area contributed by atoms with Gasteiger partial charge in [-0.05, 0) is 34.5 Å². The molecule has 4 rings (SSSR count). The van der Waals surface area contributed by atoms with Crippen LogP contribution in [0, 0.1) is 0 Å². The van der Waals surface area contributed by atoms with Gasteiger partial charge < -0.3 is 5.32 Å². The Morgan fingerprint density at radius 3 is 2.32 bits per heavy atom. The number of fused-ring (bicyclic) bond motifs is 1. The minimum absolute atomic E-state index is 0.106. The van der Waals surface area contributed by atoms with Gasteiger partial charge in [0.2, 0.25) is 15.9 Å². The average molecular weight is 458 g/mol. The van der Waals surface area contributed by atoms with Gasteiger partial charge in [0.15, 0.2) is 0 Å². The molecule has 1 heterocycles. The fourth-order valence-electron chi connectivity index (χ4n) is 3.70. The van der Waals surface area contributed by atoms with E-state index in [1.165, 1.54) is 4.31 Å². The van der Waals surface area contributed by atoms with Crippen molar-refractivity contribution in [3.8, 4) is 0 Å². The van der Waals surface area contributed by atoms with Crippen LogP contribution in [0.2, 0.25) is 5.02 Å². The fraction of sp³-hybridized carbons (Fsp3) is 0.261. The third-order valence-electron chi connectivity index (χ3n) is 5.49. The van der Waals surface area contributed by atoms with Crippen molar-refractivity contribution in [1.82, 2.24) is 14.5 Å². The molecule has 1 fully saturated rings. The highest BCUT2D eigenvalue weighted by Crippen LogP contribution is 2.23. The zero-order chi connectivity index (χ0) is 21.8. The molecule has 0 aromatic heterocycles. The Hall–Kier alpha value is -2.45. The van der Waals surface area contributed by atoms with E-state index in [9.17, 15) is 13.2 Å². The van der Waals surface area contributed by atoms with Crippen LogP contribution in [0.4, 0.5) is 0 Å². The molecule has 1 saturated heterocycles. The Kier molecular flexibility index (Phi) is 6.57. The highest BCUT2D eigenvalue weighted by atomic mass is 35.5. The van der Waals surface area contributed by atoms with Gasteiger partial charge in [0.25, 0.3) is 0 Å². The van der Waals surface area contributed by atoms with Crippen LogP contribution in [0.25, 0.3) is 10.8 Å². The van der Waals surface area contributed by atoms with Crippen molar-refractivity contribution < 1.29 is 13.2 Å². The zero-order valence-corrected chi connectivity index (χ0v) is 18.6. The van der Waals surface area contributed by atoms with Crippen LogP contribution in [0.15, 0.2) is 71.6 Å². The summed E-state index contributed by atoms with van der Waals surface area (Å²) < 4.78 is 27.6. The molecule has 31 heavy (non-hydrogen) atoms. The van der Waals surface area contributed by atoms with Gasteiger partial charge in [-0.3, -0.25) is 9.69 Å². The molecule has 8 heteroatoms. The van der Waals surface area contributed by atoms with E-state index in [1.807, 2.05) is 53.4 Å². The highest BCUT2D eigenvalue weighted by Gasteiger charge is 2.29. The maximum Gasteiger partial charge on any atom is 0.243 e. The summed E-state index contributed by atoms with van der Waals surface area (Å²) in [5, 5.41) is 5.40. The first kappa shape index (κ1) is 21.8. The molecule has 0 unspecified atom stereocenters. The fourth-order valence-corrected chi connectivity index (χ4v) is 5.36. The number of amides is 1. The van der Waals surface area contributed by atoms with Crippen LogP contribution < -0.4 is 5.32 Å². The van der Waals surface area contributed by atoms with Crippen LogP contribution in [0.3, 0.4) is 0 Å². The van der Waals surface area contributed by atoms with Crippen LogP contribution in [-0.2, 0) is 21.4 Å². The summed E-state index contributed by atoms with van der Waals surface area (Å²) in [5.41, 5.74) is 0.865. The van der Waals surface area contributed by atoms with Gasteiger partial charge in [-0.2, -0.15) is 4.31 Å². The van der Waals surface area contributed by atoms with Crippen molar-refractivity contribution >= 4 is 38.3 Å².